The van der Waals surface area contributed by atoms with Crippen molar-refractivity contribution in [3.05, 3.63) is 0 Å². The van der Waals surface area contributed by atoms with Crippen LogP contribution in [0, 0.1) is 5.92 Å². The molecule has 1 rings (SSSR count). The fourth-order valence-electron chi connectivity index (χ4n) is 2.60. The van der Waals surface area contributed by atoms with Gasteiger partial charge in [0.1, 0.15) is 6.61 Å². The summed E-state index contributed by atoms with van der Waals surface area (Å²) in [5.41, 5.74) is 0. The van der Waals surface area contributed by atoms with E-state index in [0.717, 1.165) is 38.9 Å². The number of nitrogens with one attached hydrogen (secondary N) is 1. The van der Waals surface area contributed by atoms with Crippen LogP contribution in [0.1, 0.15) is 33.1 Å². The van der Waals surface area contributed by atoms with Crippen LogP contribution >= 0.6 is 0 Å². The van der Waals surface area contributed by atoms with Crippen molar-refractivity contribution < 1.29 is 17.9 Å². The molecule has 0 aromatic heterocycles. The summed E-state index contributed by atoms with van der Waals surface area (Å²) in [6.07, 6.45) is -0.860. The molecule has 0 aromatic carbocycles. The van der Waals surface area contributed by atoms with Crippen molar-refractivity contribution in [2.24, 2.45) is 5.92 Å². The summed E-state index contributed by atoms with van der Waals surface area (Å²) in [5.74, 6) is 0.675. The van der Waals surface area contributed by atoms with Gasteiger partial charge in [-0.1, -0.05) is 6.92 Å². The van der Waals surface area contributed by atoms with Gasteiger partial charge >= 0.3 is 6.18 Å². The molecule has 0 saturated carbocycles. The highest BCUT2D eigenvalue weighted by molar-refractivity contribution is 4.79. The average molecular weight is 296 g/mol. The highest BCUT2D eigenvalue weighted by Crippen LogP contribution is 2.20. The van der Waals surface area contributed by atoms with E-state index in [0.29, 0.717) is 18.5 Å². The van der Waals surface area contributed by atoms with Gasteiger partial charge in [0.2, 0.25) is 0 Å². The van der Waals surface area contributed by atoms with Gasteiger partial charge in [-0.25, -0.2) is 0 Å². The normalized spacial score (nSPS) is 20.2. The average Bonchev–Trinajstić information content (AvgIpc) is 2.40. The van der Waals surface area contributed by atoms with Gasteiger partial charge in [-0.05, 0) is 51.7 Å². The van der Waals surface area contributed by atoms with Crippen LogP contribution < -0.4 is 5.32 Å². The van der Waals surface area contributed by atoms with Gasteiger partial charge in [-0.15, -0.1) is 0 Å². The molecule has 1 unspecified atom stereocenters. The minimum absolute atomic E-state index is 0.161. The van der Waals surface area contributed by atoms with E-state index < -0.39 is 12.8 Å². The van der Waals surface area contributed by atoms with Crippen molar-refractivity contribution in [1.29, 1.82) is 0 Å². The van der Waals surface area contributed by atoms with Crippen molar-refractivity contribution in [2.75, 3.05) is 39.4 Å². The molecule has 1 aliphatic rings. The second-order valence-corrected chi connectivity index (χ2v) is 5.59. The molecule has 6 heteroatoms. The van der Waals surface area contributed by atoms with E-state index in [9.17, 15) is 13.2 Å². The first-order valence-electron chi connectivity index (χ1n) is 7.52. The number of hydrogen-bond donors (Lipinski definition) is 1. The number of halogens is 3. The molecule has 20 heavy (non-hydrogen) atoms. The Bertz CT molecular complexity index is 253. The minimum atomic E-state index is -4.21. The highest BCUT2D eigenvalue weighted by Gasteiger charge is 2.28. The molecule has 0 spiro atoms. The molecule has 0 amide bonds. The number of hydrogen-bond acceptors (Lipinski definition) is 3. The van der Waals surface area contributed by atoms with Crippen LogP contribution in [0.3, 0.4) is 0 Å². The zero-order valence-corrected chi connectivity index (χ0v) is 12.5. The molecule has 1 aliphatic heterocycles. The van der Waals surface area contributed by atoms with Crippen LogP contribution in [0.5, 0.6) is 0 Å². The summed E-state index contributed by atoms with van der Waals surface area (Å²) in [4.78, 5) is 2.19. The van der Waals surface area contributed by atoms with Crippen LogP contribution in [0.15, 0.2) is 0 Å². The molecule has 1 N–H and O–H groups in total. The molecule has 1 saturated heterocycles. The van der Waals surface area contributed by atoms with Gasteiger partial charge in [-0.2, -0.15) is 13.2 Å². The molecule has 0 aromatic rings. The third-order valence-electron chi connectivity index (χ3n) is 3.87. The zero-order valence-electron chi connectivity index (χ0n) is 12.5. The highest BCUT2D eigenvalue weighted by atomic mass is 19.4. The third-order valence-corrected chi connectivity index (χ3v) is 3.87. The molecule has 3 nitrogen and oxygen atoms in total. The minimum Gasteiger partial charge on any atom is -0.371 e. The number of nitrogens with zero attached hydrogens (tertiary/aromatic N) is 1. The van der Waals surface area contributed by atoms with Gasteiger partial charge in [0.15, 0.2) is 0 Å². The number of ether oxygens (including phenoxy) is 1. The van der Waals surface area contributed by atoms with Crippen molar-refractivity contribution in [3.8, 4) is 0 Å². The van der Waals surface area contributed by atoms with Crippen LogP contribution in [-0.2, 0) is 4.74 Å². The van der Waals surface area contributed by atoms with Crippen LogP contribution in [0.2, 0.25) is 0 Å². The first kappa shape index (κ1) is 17.7. The maximum Gasteiger partial charge on any atom is 0.411 e. The second kappa shape index (κ2) is 8.85. The monoisotopic (exact) mass is 296 g/mol. The van der Waals surface area contributed by atoms with E-state index in [4.69, 9.17) is 0 Å². The summed E-state index contributed by atoms with van der Waals surface area (Å²) in [6, 6.07) is 0.526. The SMILES string of the molecule is CCCNC(C)C1CCN(CCOCC(F)(F)F)CC1. The third kappa shape index (κ3) is 7.45. The molecular weight excluding hydrogens is 269 g/mol. The van der Waals surface area contributed by atoms with Gasteiger partial charge < -0.3 is 15.0 Å². The Morgan fingerprint density at radius 2 is 1.95 bits per heavy atom. The Labute approximate surface area is 119 Å². The lowest BCUT2D eigenvalue weighted by Gasteiger charge is -2.35. The fourth-order valence-corrected chi connectivity index (χ4v) is 2.60. The maximum atomic E-state index is 11.9. The smallest absolute Gasteiger partial charge is 0.371 e. The van der Waals surface area contributed by atoms with Crippen molar-refractivity contribution in [1.82, 2.24) is 10.2 Å². The van der Waals surface area contributed by atoms with Crippen molar-refractivity contribution in [3.63, 3.8) is 0 Å². The van der Waals surface area contributed by atoms with Crippen LogP contribution in [0.25, 0.3) is 0 Å². The first-order chi connectivity index (χ1) is 9.42. The number of likely N-dealkylation sites (tertiary alicyclic amines) is 1. The van der Waals surface area contributed by atoms with Gasteiger partial charge in [-0.3, -0.25) is 0 Å². The molecule has 0 bridgehead atoms. The van der Waals surface area contributed by atoms with E-state index in [-0.39, 0.29) is 6.61 Å². The zero-order chi connectivity index (χ0) is 15.0. The summed E-state index contributed by atoms with van der Waals surface area (Å²) < 4.78 is 40.4. The molecule has 1 atom stereocenters. The molecule has 0 radical (unpaired) electrons. The van der Waals surface area contributed by atoms with E-state index in [1.54, 1.807) is 0 Å². The van der Waals surface area contributed by atoms with Crippen LogP contribution in [0.4, 0.5) is 13.2 Å². The first-order valence-corrected chi connectivity index (χ1v) is 7.52. The Morgan fingerprint density at radius 1 is 1.30 bits per heavy atom. The Kier molecular flexibility index (Phi) is 7.84. The summed E-state index contributed by atoms with van der Waals surface area (Å²) in [6.45, 7) is 6.96. The number of piperidine rings is 1. The fraction of sp³-hybridized carbons (Fsp3) is 1.00. The molecule has 120 valence electrons. The van der Waals surface area contributed by atoms with Gasteiger partial charge in [0.25, 0.3) is 0 Å². The largest absolute Gasteiger partial charge is 0.411 e. The number of alkyl halides is 3. The lowest BCUT2D eigenvalue weighted by molar-refractivity contribution is -0.174. The van der Waals surface area contributed by atoms with E-state index in [2.05, 4.69) is 28.8 Å². The Hall–Kier alpha value is -0.330. The predicted molar refractivity (Wildman–Crippen MR) is 73.8 cm³/mol. The molecule has 1 heterocycles. The Balaban J connectivity index is 2.10. The van der Waals surface area contributed by atoms with Gasteiger partial charge in [0, 0.05) is 12.6 Å². The summed E-state index contributed by atoms with van der Waals surface area (Å²) in [7, 11) is 0. The molecule has 1 fully saturated rings. The van der Waals surface area contributed by atoms with E-state index in [1.165, 1.54) is 0 Å². The van der Waals surface area contributed by atoms with Crippen molar-refractivity contribution in [2.45, 2.75) is 45.3 Å². The lowest BCUT2D eigenvalue weighted by Crippen LogP contribution is -2.43. The second-order valence-electron chi connectivity index (χ2n) is 5.59. The maximum absolute atomic E-state index is 11.9. The van der Waals surface area contributed by atoms with Gasteiger partial charge in [0.05, 0.1) is 6.61 Å². The quantitative estimate of drug-likeness (QED) is 0.697. The number of rotatable bonds is 8. The van der Waals surface area contributed by atoms with Crippen LogP contribution in [-0.4, -0.2) is 56.5 Å². The summed E-state index contributed by atoms with van der Waals surface area (Å²) >= 11 is 0. The van der Waals surface area contributed by atoms with E-state index >= 15 is 0 Å². The topological polar surface area (TPSA) is 24.5 Å². The van der Waals surface area contributed by atoms with E-state index in [1.807, 2.05) is 0 Å². The standard InChI is InChI=1S/C14H27F3N2O/c1-3-6-18-12(2)13-4-7-19(8-5-13)9-10-20-11-14(15,16)17/h12-13,18H,3-11H2,1-2H3. The predicted octanol–water partition coefficient (Wildman–Crippen LogP) is 2.67. The summed E-state index contributed by atoms with van der Waals surface area (Å²) in [5, 5.41) is 3.52. The van der Waals surface area contributed by atoms with Crippen molar-refractivity contribution >= 4 is 0 Å². The Morgan fingerprint density at radius 3 is 2.50 bits per heavy atom. The molecule has 0 aliphatic carbocycles. The lowest BCUT2D eigenvalue weighted by atomic mass is 9.90. The molecular formula is C14H27F3N2O.